The number of carbonyl (C=O) groups excluding carboxylic acids is 1. The van der Waals surface area contributed by atoms with Crippen LogP contribution in [-0.2, 0) is 17.8 Å². The summed E-state index contributed by atoms with van der Waals surface area (Å²) < 4.78 is 16.0. The molecule has 0 atom stereocenters. The predicted molar refractivity (Wildman–Crippen MR) is 98.3 cm³/mol. The first-order chi connectivity index (χ1) is 13.7. The summed E-state index contributed by atoms with van der Waals surface area (Å²) in [6.45, 7) is 0.186. The molecule has 0 fully saturated rings. The van der Waals surface area contributed by atoms with Crippen LogP contribution in [0, 0.1) is 0 Å². The van der Waals surface area contributed by atoms with E-state index < -0.39 is 0 Å². The summed E-state index contributed by atoms with van der Waals surface area (Å²) in [5, 5.41) is 6.72. The third kappa shape index (κ3) is 3.83. The molecule has 1 N–H and O–H groups in total. The number of benzene rings is 1. The molecule has 4 aromatic rings. The maximum atomic E-state index is 12.1. The van der Waals surface area contributed by atoms with Crippen molar-refractivity contribution < 1.29 is 18.5 Å². The molecule has 0 spiro atoms. The molecule has 0 unspecified atom stereocenters. The van der Waals surface area contributed by atoms with Gasteiger partial charge in [-0.1, -0.05) is 17.3 Å². The van der Waals surface area contributed by atoms with Crippen molar-refractivity contribution in [1.82, 2.24) is 25.4 Å². The zero-order valence-electron chi connectivity index (χ0n) is 15.1. The molecule has 0 aliphatic carbocycles. The van der Waals surface area contributed by atoms with Gasteiger partial charge in [-0.3, -0.25) is 4.79 Å². The molecule has 4 rings (SSSR count). The van der Waals surface area contributed by atoms with Crippen molar-refractivity contribution >= 4 is 17.1 Å². The maximum absolute atomic E-state index is 12.1. The molecule has 3 heterocycles. The quantitative estimate of drug-likeness (QED) is 0.521. The molecule has 3 aromatic heterocycles. The number of aryl methyl sites for hydroxylation is 1. The largest absolute Gasteiger partial charge is 0.496 e. The Morgan fingerprint density at radius 1 is 1.14 bits per heavy atom. The SMILES string of the molecule is COc1ccccc1-c1noc(CCC(=O)NCc2nc3ncccc3o2)n1. The Bertz CT molecular complexity index is 1070. The first-order valence-electron chi connectivity index (χ1n) is 8.66. The Morgan fingerprint density at radius 2 is 2.04 bits per heavy atom. The number of oxazole rings is 1. The highest BCUT2D eigenvalue weighted by Crippen LogP contribution is 2.27. The molecule has 9 heteroatoms. The number of ether oxygens (including phenoxy) is 1. The Hall–Kier alpha value is -3.75. The van der Waals surface area contributed by atoms with Gasteiger partial charge in [0.15, 0.2) is 11.2 Å². The van der Waals surface area contributed by atoms with Crippen LogP contribution < -0.4 is 10.1 Å². The van der Waals surface area contributed by atoms with Gasteiger partial charge in [0, 0.05) is 19.0 Å². The highest BCUT2D eigenvalue weighted by Gasteiger charge is 2.14. The van der Waals surface area contributed by atoms with Crippen molar-refractivity contribution in [2.24, 2.45) is 0 Å². The number of rotatable bonds is 7. The summed E-state index contributed by atoms with van der Waals surface area (Å²) in [6, 6.07) is 10.9. The van der Waals surface area contributed by atoms with Crippen LogP contribution in [0.1, 0.15) is 18.2 Å². The molecule has 0 aliphatic rings. The normalized spacial score (nSPS) is 10.9. The fourth-order valence-corrected chi connectivity index (χ4v) is 2.67. The summed E-state index contributed by atoms with van der Waals surface area (Å²) in [5.41, 5.74) is 1.83. The molecule has 0 radical (unpaired) electrons. The number of pyridine rings is 1. The van der Waals surface area contributed by atoms with Crippen molar-refractivity contribution in [1.29, 1.82) is 0 Å². The number of hydrogen-bond acceptors (Lipinski definition) is 8. The van der Waals surface area contributed by atoms with Crippen LogP contribution in [0.3, 0.4) is 0 Å². The van der Waals surface area contributed by atoms with E-state index in [2.05, 4.69) is 25.4 Å². The van der Waals surface area contributed by atoms with Crippen molar-refractivity contribution in [3.63, 3.8) is 0 Å². The van der Waals surface area contributed by atoms with Gasteiger partial charge in [-0.25, -0.2) is 4.98 Å². The Kier molecular flexibility index (Phi) is 4.96. The fraction of sp³-hybridized carbons (Fsp3) is 0.211. The van der Waals surface area contributed by atoms with Gasteiger partial charge >= 0.3 is 0 Å². The number of carbonyl (C=O) groups is 1. The van der Waals surface area contributed by atoms with Gasteiger partial charge in [0.25, 0.3) is 0 Å². The van der Waals surface area contributed by atoms with Crippen molar-refractivity contribution in [3.05, 3.63) is 54.4 Å². The predicted octanol–water partition coefficient (Wildman–Crippen LogP) is 2.53. The van der Waals surface area contributed by atoms with E-state index in [0.29, 0.717) is 41.0 Å². The molecule has 0 saturated heterocycles. The topological polar surface area (TPSA) is 116 Å². The van der Waals surface area contributed by atoms with Gasteiger partial charge < -0.3 is 19.0 Å². The summed E-state index contributed by atoms with van der Waals surface area (Å²) in [6.07, 6.45) is 2.16. The van der Waals surface area contributed by atoms with E-state index in [0.717, 1.165) is 5.56 Å². The Labute approximate surface area is 159 Å². The number of nitrogens with zero attached hydrogens (tertiary/aromatic N) is 4. The first kappa shape index (κ1) is 17.7. The zero-order valence-corrected chi connectivity index (χ0v) is 15.1. The highest BCUT2D eigenvalue weighted by molar-refractivity contribution is 5.76. The molecule has 9 nitrogen and oxygen atoms in total. The van der Waals surface area contributed by atoms with E-state index in [1.54, 1.807) is 25.4 Å². The highest BCUT2D eigenvalue weighted by atomic mass is 16.5. The lowest BCUT2D eigenvalue weighted by atomic mass is 10.2. The average molecular weight is 379 g/mol. The van der Waals surface area contributed by atoms with E-state index in [4.69, 9.17) is 13.7 Å². The van der Waals surface area contributed by atoms with Gasteiger partial charge in [-0.05, 0) is 24.3 Å². The minimum atomic E-state index is -0.174. The monoisotopic (exact) mass is 379 g/mol. The van der Waals surface area contributed by atoms with Crippen LogP contribution in [0.4, 0.5) is 0 Å². The van der Waals surface area contributed by atoms with E-state index in [9.17, 15) is 4.79 Å². The fourth-order valence-electron chi connectivity index (χ4n) is 2.67. The number of aromatic nitrogens is 4. The number of fused-ring (bicyclic) bond motifs is 1. The number of methoxy groups -OCH3 is 1. The molecule has 0 aliphatic heterocycles. The van der Waals surface area contributed by atoms with Crippen LogP contribution in [-0.4, -0.2) is 33.1 Å². The second kappa shape index (κ2) is 7.87. The van der Waals surface area contributed by atoms with E-state index in [1.165, 1.54) is 0 Å². The number of para-hydroxylation sites is 1. The number of hydrogen-bond donors (Lipinski definition) is 1. The van der Waals surface area contributed by atoms with Crippen molar-refractivity contribution in [2.45, 2.75) is 19.4 Å². The molecule has 0 saturated carbocycles. The number of amides is 1. The molecule has 0 bridgehead atoms. The zero-order chi connectivity index (χ0) is 19.3. The van der Waals surface area contributed by atoms with Crippen LogP contribution in [0.2, 0.25) is 0 Å². The average Bonchev–Trinajstić information content (AvgIpc) is 3.37. The van der Waals surface area contributed by atoms with E-state index in [-0.39, 0.29) is 18.9 Å². The standard InChI is InChI=1S/C19H17N5O4/c1-26-13-6-3-2-5-12(13)18-22-16(28-24-18)9-8-15(25)21-11-17-23-19-14(27-17)7-4-10-20-19/h2-7,10H,8-9,11H2,1H3,(H,21,25). The molecule has 28 heavy (non-hydrogen) atoms. The second-order valence-corrected chi connectivity index (χ2v) is 5.92. The smallest absolute Gasteiger partial charge is 0.227 e. The van der Waals surface area contributed by atoms with Crippen LogP contribution in [0.5, 0.6) is 5.75 Å². The first-order valence-corrected chi connectivity index (χ1v) is 8.66. The van der Waals surface area contributed by atoms with Gasteiger partial charge in [0.1, 0.15) is 5.75 Å². The lowest BCUT2D eigenvalue weighted by Crippen LogP contribution is -2.23. The van der Waals surface area contributed by atoms with Gasteiger partial charge in [0.05, 0.1) is 19.2 Å². The lowest BCUT2D eigenvalue weighted by molar-refractivity contribution is -0.121. The molecule has 1 amide bonds. The summed E-state index contributed by atoms with van der Waals surface area (Å²) in [7, 11) is 1.58. The molecular formula is C19H17N5O4. The minimum Gasteiger partial charge on any atom is -0.496 e. The number of nitrogens with one attached hydrogen (secondary N) is 1. The van der Waals surface area contributed by atoms with Gasteiger partial charge in [-0.2, -0.15) is 9.97 Å². The summed E-state index contributed by atoms with van der Waals surface area (Å²) in [4.78, 5) is 24.7. The van der Waals surface area contributed by atoms with Crippen molar-refractivity contribution in [3.8, 4) is 17.1 Å². The van der Waals surface area contributed by atoms with E-state index in [1.807, 2.05) is 24.3 Å². The molecule has 1 aromatic carbocycles. The Balaban J connectivity index is 1.32. The third-order valence-corrected chi connectivity index (χ3v) is 4.03. The van der Waals surface area contributed by atoms with Gasteiger partial charge in [0.2, 0.25) is 23.5 Å². The van der Waals surface area contributed by atoms with Crippen molar-refractivity contribution in [2.75, 3.05) is 7.11 Å². The summed E-state index contributed by atoms with van der Waals surface area (Å²) in [5.74, 6) is 1.68. The van der Waals surface area contributed by atoms with E-state index >= 15 is 0 Å². The third-order valence-electron chi connectivity index (χ3n) is 4.03. The Morgan fingerprint density at radius 3 is 2.89 bits per heavy atom. The summed E-state index contributed by atoms with van der Waals surface area (Å²) >= 11 is 0. The second-order valence-electron chi connectivity index (χ2n) is 5.92. The van der Waals surface area contributed by atoms with Crippen LogP contribution in [0.25, 0.3) is 22.6 Å². The van der Waals surface area contributed by atoms with Gasteiger partial charge in [-0.15, -0.1) is 0 Å². The minimum absolute atomic E-state index is 0.174. The van der Waals surface area contributed by atoms with Crippen LogP contribution >= 0.6 is 0 Å². The molecule has 142 valence electrons. The molecular weight excluding hydrogens is 362 g/mol. The maximum Gasteiger partial charge on any atom is 0.227 e. The lowest BCUT2D eigenvalue weighted by Gasteiger charge is -2.03. The van der Waals surface area contributed by atoms with Crippen LogP contribution in [0.15, 0.2) is 51.5 Å².